The molecule has 1 fully saturated rings. The fourth-order valence-electron chi connectivity index (χ4n) is 2.27. The summed E-state index contributed by atoms with van der Waals surface area (Å²) >= 11 is 1.90. The quantitative estimate of drug-likeness (QED) is 0.789. The molecule has 3 rings (SSSR count). The summed E-state index contributed by atoms with van der Waals surface area (Å²) < 4.78 is 6.44. The van der Waals surface area contributed by atoms with Gasteiger partial charge in [0.05, 0.1) is 12.4 Å². The smallest absolute Gasteiger partial charge is 0.341 e. The van der Waals surface area contributed by atoms with Gasteiger partial charge >= 0.3 is 5.97 Å². The number of nitrogens with zero attached hydrogens (tertiary/aromatic N) is 3. The first kappa shape index (κ1) is 12.5. The topological polar surface area (TPSA) is 56.5 Å². The van der Waals surface area contributed by atoms with Gasteiger partial charge in [-0.2, -0.15) is 16.9 Å². The average molecular weight is 277 g/mol. The summed E-state index contributed by atoms with van der Waals surface area (Å²) in [7, 11) is 1.38. The van der Waals surface area contributed by atoms with Crippen LogP contribution in [0.5, 0.6) is 0 Å². The van der Waals surface area contributed by atoms with Gasteiger partial charge in [0, 0.05) is 6.20 Å². The Morgan fingerprint density at radius 2 is 2.42 bits per heavy atom. The highest BCUT2D eigenvalue weighted by Crippen LogP contribution is 2.36. The van der Waals surface area contributed by atoms with E-state index in [4.69, 9.17) is 4.74 Å². The number of carbonyl (C=O) groups is 1. The number of ether oxygens (including phenoxy) is 1. The van der Waals surface area contributed by atoms with E-state index in [1.807, 2.05) is 18.0 Å². The number of fused-ring (bicyclic) bond motifs is 1. The number of pyridine rings is 1. The Balaban J connectivity index is 2.02. The first-order valence-electron chi connectivity index (χ1n) is 6.35. The lowest BCUT2D eigenvalue weighted by molar-refractivity contribution is 0.0602. The van der Waals surface area contributed by atoms with Crippen molar-refractivity contribution < 1.29 is 9.53 Å². The van der Waals surface area contributed by atoms with E-state index in [1.165, 1.54) is 20.0 Å². The summed E-state index contributed by atoms with van der Waals surface area (Å²) in [5.74, 6) is 1.60. The van der Waals surface area contributed by atoms with Crippen LogP contribution in [0, 0.1) is 0 Å². The van der Waals surface area contributed by atoms with E-state index >= 15 is 0 Å². The predicted octanol–water partition coefficient (Wildman–Crippen LogP) is 2.47. The standard InChI is InChI=1S/C13H15N3O2S/c1-18-13(17)9-5-4-7-16-12(9)14-11(15-16)10-6-2-3-8-19-10/h4-5,7,10H,2-3,6,8H2,1H3. The zero-order chi connectivity index (χ0) is 13.2. The predicted molar refractivity (Wildman–Crippen MR) is 73.4 cm³/mol. The minimum atomic E-state index is -0.374. The van der Waals surface area contributed by atoms with Crippen molar-refractivity contribution in [3.63, 3.8) is 0 Å². The maximum atomic E-state index is 11.7. The fourth-order valence-corrected chi connectivity index (χ4v) is 3.51. The molecule has 0 spiro atoms. The molecule has 100 valence electrons. The van der Waals surface area contributed by atoms with E-state index in [2.05, 4.69) is 10.1 Å². The molecule has 0 aliphatic carbocycles. The third kappa shape index (κ3) is 2.32. The summed E-state index contributed by atoms with van der Waals surface area (Å²) in [6, 6.07) is 3.50. The maximum absolute atomic E-state index is 11.7. The Labute approximate surface area is 115 Å². The molecule has 6 heteroatoms. The number of rotatable bonds is 2. The molecular formula is C13H15N3O2S. The van der Waals surface area contributed by atoms with Crippen LogP contribution in [0.2, 0.25) is 0 Å². The Bertz CT molecular complexity index is 605. The number of aromatic nitrogens is 3. The Morgan fingerprint density at radius 3 is 3.16 bits per heavy atom. The number of esters is 1. The molecule has 19 heavy (non-hydrogen) atoms. The molecule has 2 aromatic heterocycles. The van der Waals surface area contributed by atoms with Gasteiger partial charge in [-0.25, -0.2) is 14.3 Å². The van der Waals surface area contributed by atoms with Crippen LogP contribution in [0.1, 0.15) is 40.7 Å². The molecule has 0 radical (unpaired) electrons. The van der Waals surface area contributed by atoms with Gasteiger partial charge in [0.25, 0.3) is 0 Å². The molecule has 5 nitrogen and oxygen atoms in total. The summed E-state index contributed by atoms with van der Waals surface area (Å²) in [5, 5.41) is 4.84. The van der Waals surface area contributed by atoms with Crippen molar-refractivity contribution in [2.45, 2.75) is 24.5 Å². The molecule has 3 heterocycles. The van der Waals surface area contributed by atoms with Crippen LogP contribution in [-0.4, -0.2) is 33.4 Å². The highest BCUT2D eigenvalue weighted by Gasteiger charge is 2.22. The van der Waals surface area contributed by atoms with Crippen LogP contribution < -0.4 is 0 Å². The van der Waals surface area contributed by atoms with Crippen LogP contribution in [0.15, 0.2) is 18.3 Å². The first-order chi connectivity index (χ1) is 9.29. The van der Waals surface area contributed by atoms with Crippen molar-refractivity contribution in [3.05, 3.63) is 29.7 Å². The number of carbonyl (C=O) groups excluding carboxylic acids is 1. The Kier molecular flexibility index (Phi) is 3.42. The Hall–Kier alpha value is -1.56. The number of methoxy groups -OCH3 is 1. The van der Waals surface area contributed by atoms with Gasteiger partial charge in [-0.1, -0.05) is 6.42 Å². The van der Waals surface area contributed by atoms with Gasteiger partial charge in [-0.15, -0.1) is 0 Å². The van der Waals surface area contributed by atoms with Gasteiger partial charge < -0.3 is 4.74 Å². The molecule has 1 aliphatic rings. The molecule has 1 saturated heterocycles. The monoisotopic (exact) mass is 277 g/mol. The van der Waals surface area contributed by atoms with Gasteiger partial charge in [0.2, 0.25) is 0 Å². The van der Waals surface area contributed by atoms with Crippen molar-refractivity contribution in [2.24, 2.45) is 0 Å². The second-order valence-corrected chi connectivity index (χ2v) is 5.82. The molecular weight excluding hydrogens is 262 g/mol. The van der Waals surface area contributed by atoms with Crippen molar-refractivity contribution in [3.8, 4) is 0 Å². The van der Waals surface area contributed by atoms with Crippen LogP contribution in [0.4, 0.5) is 0 Å². The lowest BCUT2D eigenvalue weighted by Crippen LogP contribution is -2.04. The molecule has 0 saturated carbocycles. The van der Waals surface area contributed by atoms with Crippen molar-refractivity contribution >= 4 is 23.4 Å². The number of thioether (sulfide) groups is 1. The van der Waals surface area contributed by atoms with Crippen LogP contribution >= 0.6 is 11.8 Å². The molecule has 0 amide bonds. The third-order valence-corrected chi connectivity index (χ3v) is 4.62. The molecule has 0 N–H and O–H groups in total. The Morgan fingerprint density at radius 1 is 1.53 bits per heavy atom. The molecule has 0 aromatic carbocycles. The van der Waals surface area contributed by atoms with E-state index in [0.29, 0.717) is 16.5 Å². The minimum Gasteiger partial charge on any atom is -0.465 e. The van der Waals surface area contributed by atoms with E-state index in [-0.39, 0.29) is 5.97 Å². The van der Waals surface area contributed by atoms with Gasteiger partial charge in [-0.05, 0) is 30.7 Å². The molecule has 2 aromatic rings. The zero-order valence-electron chi connectivity index (χ0n) is 10.7. The average Bonchev–Trinajstić information content (AvgIpc) is 2.91. The van der Waals surface area contributed by atoms with E-state index in [1.54, 1.807) is 16.6 Å². The highest BCUT2D eigenvalue weighted by atomic mass is 32.2. The largest absolute Gasteiger partial charge is 0.465 e. The highest BCUT2D eigenvalue weighted by molar-refractivity contribution is 7.99. The van der Waals surface area contributed by atoms with Crippen LogP contribution in [-0.2, 0) is 4.74 Å². The lowest BCUT2D eigenvalue weighted by Gasteiger charge is -2.17. The molecule has 1 aliphatic heterocycles. The number of hydrogen-bond acceptors (Lipinski definition) is 5. The van der Waals surface area contributed by atoms with E-state index in [0.717, 1.165) is 18.0 Å². The summed E-state index contributed by atoms with van der Waals surface area (Å²) in [5.41, 5.74) is 1.04. The normalized spacial score (nSPS) is 19.5. The third-order valence-electron chi connectivity index (χ3n) is 3.25. The fraction of sp³-hybridized carbons (Fsp3) is 0.462. The summed E-state index contributed by atoms with van der Waals surface area (Å²) in [6.07, 6.45) is 5.40. The number of hydrogen-bond donors (Lipinski definition) is 0. The minimum absolute atomic E-state index is 0.346. The maximum Gasteiger partial charge on any atom is 0.341 e. The van der Waals surface area contributed by atoms with Gasteiger partial charge in [0.15, 0.2) is 11.5 Å². The van der Waals surface area contributed by atoms with Crippen molar-refractivity contribution in [1.29, 1.82) is 0 Å². The van der Waals surface area contributed by atoms with Gasteiger partial charge in [-0.3, -0.25) is 0 Å². The molecule has 1 unspecified atom stereocenters. The van der Waals surface area contributed by atoms with Crippen LogP contribution in [0.3, 0.4) is 0 Å². The molecule has 1 atom stereocenters. The summed E-state index contributed by atoms with van der Waals surface area (Å²) in [6.45, 7) is 0. The molecule has 0 bridgehead atoms. The van der Waals surface area contributed by atoms with Crippen LogP contribution in [0.25, 0.3) is 5.65 Å². The zero-order valence-corrected chi connectivity index (χ0v) is 11.5. The van der Waals surface area contributed by atoms with Crippen molar-refractivity contribution in [1.82, 2.24) is 14.6 Å². The van der Waals surface area contributed by atoms with E-state index in [9.17, 15) is 4.79 Å². The van der Waals surface area contributed by atoms with E-state index < -0.39 is 0 Å². The van der Waals surface area contributed by atoms with Gasteiger partial charge in [0.1, 0.15) is 5.56 Å². The van der Waals surface area contributed by atoms with Crippen molar-refractivity contribution in [2.75, 3.05) is 12.9 Å². The SMILES string of the molecule is COC(=O)c1cccn2nc(C3CCCCS3)nc12. The second-order valence-electron chi connectivity index (χ2n) is 4.51. The lowest BCUT2D eigenvalue weighted by atomic mass is 10.2. The first-order valence-corrected chi connectivity index (χ1v) is 7.39. The second kappa shape index (κ2) is 5.21. The summed E-state index contributed by atoms with van der Waals surface area (Å²) in [4.78, 5) is 16.2.